The Balaban J connectivity index is 1.89. The highest BCUT2D eigenvalue weighted by Gasteiger charge is 2.24. The second-order valence-corrected chi connectivity index (χ2v) is 7.23. The van der Waals surface area contributed by atoms with Gasteiger partial charge in [-0.15, -0.1) is 0 Å². The Morgan fingerprint density at radius 3 is 3.00 bits per heavy atom. The molecule has 19 heavy (non-hydrogen) atoms. The summed E-state index contributed by atoms with van der Waals surface area (Å²) < 4.78 is 23.3. The van der Waals surface area contributed by atoms with Crippen molar-refractivity contribution in [3.63, 3.8) is 0 Å². The Hall–Kier alpha value is -1.62. The summed E-state index contributed by atoms with van der Waals surface area (Å²) in [7, 11) is -2.88. The monoisotopic (exact) mass is 276 g/mol. The number of nitrogens with zero attached hydrogens (tertiary/aromatic N) is 1. The van der Waals surface area contributed by atoms with E-state index in [1.807, 2.05) is 30.5 Å². The molecular weight excluding hydrogens is 260 g/mol. The predicted octanol–water partition coefficient (Wildman–Crippen LogP) is 2.22. The SMILES string of the molecule is O=S1(=O)CCCC(Nc2cccc3ccncc23)C1. The van der Waals surface area contributed by atoms with E-state index in [-0.39, 0.29) is 11.8 Å². The van der Waals surface area contributed by atoms with Crippen molar-refractivity contribution < 1.29 is 8.42 Å². The van der Waals surface area contributed by atoms with Crippen molar-refractivity contribution in [1.82, 2.24) is 4.98 Å². The van der Waals surface area contributed by atoms with Crippen LogP contribution in [0.25, 0.3) is 10.8 Å². The largest absolute Gasteiger partial charge is 0.381 e. The van der Waals surface area contributed by atoms with Crippen LogP contribution in [0.5, 0.6) is 0 Å². The van der Waals surface area contributed by atoms with Gasteiger partial charge in [0.2, 0.25) is 0 Å². The van der Waals surface area contributed by atoms with E-state index >= 15 is 0 Å². The molecular formula is C14H16N2O2S. The van der Waals surface area contributed by atoms with Crippen LogP contribution < -0.4 is 5.32 Å². The molecule has 0 spiro atoms. The van der Waals surface area contributed by atoms with Crippen molar-refractivity contribution in [1.29, 1.82) is 0 Å². The number of fused-ring (bicyclic) bond motifs is 1. The topological polar surface area (TPSA) is 59.1 Å². The first kappa shape index (κ1) is 12.4. The van der Waals surface area contributed by atoms with E-state index in [0.29, 0.717) is 5.75 Å². The van der Waals surface area contributed by atoms with Crippen LogP contribution in [0.3, 0.4) is 0 Å². The molecule has 1 aromatic heterocycles. The molecule has 1 fully saturated rings. The summed E-state index contributed by atoms with van der Waals surface area (Å²) in [6, 6.07) is 7.94. The van der Waals surface area contributed by atoms with Crippen molar-refractivity contribution in [2.24, 2.45) is 0 Å². The molecule has 1 aliphatic rings. The minimum absolute atomic E-state index is 0.00422. The molecule has 0 radical (unpaired) electrons. The number of aromatic nitrogens is 1. The molecule has 1 saturated heterocycles. The summed E-state index contributed by atoms with van der Waals surface area (Å²) in [4.78, 5) is 4.14. The second-order valence-electron chi connectivity index (χ2n) is 5.00. The van der Waals surface area contributed by atoms with Crippen molar-refractivity contribution in [3.05, 3.63) is 36.7 Å². The van der Waals surface area contributed by atoms with Gasteiger partial charge in [-0.05, 0) is 30.4 Å². The van der Waals surface area contributed by atoms with Crippen molar-refractivity contribution in [2.45, 2.75) is 18.9 Å². The van der Waals surface area contributed by atoms with Crippen LogP contribution in [0.1, 0.15) is 12.8 Å². The third-order valence-electron chi connectivity index (χ3n) is 3.51. The van der Waals surface area contributed by atoms with E-state index in [4.69, 9.17) is 0 Å². The van der Waals surface area contributed by atoms with E-state index in [0.717, 1.165) is 29.3 Å². The lowest BCUT2D eigenvalue weighted by Gasteiger charge is -2.24. The highest BCUT2D eigenvalue weighted by molar-refractivity contribution is 7.91. The number of pyridine rings is 1. The van der Waals surface area contributed by atoms with Crippen LogP contribution in [0.4, 0.5) is 5.69 Å². The maximum Gasteiger partial charge on any atom is 0.152 e. The van der Waals surface area contributed by atoms with Crippen molar-refractivity contribution in [2.75, 3.05) is 16.8 Å². The number of rotatable bonds is 2. The Kier molecular flexibility index (Phi) is 3.14. The Morgan fingerprint density at radius 2 is 2.16 bits per heavy atom. The molecule has 1 N–H and O–H groups in total. The van der Waals surface area contributed by atoms with Crippen LogP contribution in [0.2, 0.25) is 0 Å². The van der Waals surface area contributed by atoms with E-state index in [9.17, 15) is 8.42 Å². The lowest BCUT2D eigenvalue weighted by Crippen LogP contribution is -2.34. The van der Waals surface area contributed by atoms with Gasteiger partial charge in [0.1, 0.15) is 0 Å². The average molecular weight is 276 g/mol. The maximum absolute atomic E-state index is 11.7. The molecule has 0 bridgehead atoms. The molecule has 100 valence electrons. The minimum Gasteiger partial charge on any atom is -0.381 e. The summed E-state index contributed by atoms with van der Waals surface area (Å²) in [5.74, 6) is 0.548. The summed E-state index contributed by atoms with van der Waals surface area (Å²) in [5.41, 5.74) is 0.965. The minimum atomic E-state index is -2.88. The third-order valence-corrected chi connectivity index (χ3v) is 5.33. The Morgan fingerprint density at radius 1 is 1.26 bits per heavy atom. The van der Waals surface area contributed by atoms with Gasteiger partial charge in [0, 0.05) is 29.5 Å². The number of sulfone groups is 1. The fourth-order valence-corrected chi connectivity index (χ4v) is 4.23. The van der Waals surface area contributed by atoms with Crippen LogP contribution in [0.15, 0.2) is 36.7 Å². The zero-order chi connectivity index (χ0) is 13.3. The lowest BCUT2D eigenvalue weighted by molar-refractivity contribution is 0.562. The number of anilines is 1. The van der Waals surface area contributed by atoms with Gasteiger partial charge in [-0.2, -0.15) is 0 Å². The van der Waals surface area contributed by atoms with Crippen LogP contribution in [0, 0.1) is 0 Å². The van der Waals surface area contributed by atoms with Crippen LogP contribution in [-0.4, -0.2) is 30.9 Å². The van der Waals surface area contributed by atoms with Crippen LogP contribution in [-0.2, 0) is 9.84 Å². The number of hydrogen-bond acceptors (Lipinski definition) is 4. The molecule has 0 amide bonds. The standard InChI is InChI=1S/C14H16N2O2S/c17-19(18)8-2-4-12(10-19)16-14-5-1-3-11-6-7-15-9-13(11)14/h1,3,5-7,9,12,16H,2,4,8,10H2. The molecule has 1 atom stereocenters. The molecule has 0 saturated carbocycles. The van der Waals surface area contributed by atoms with Gasteiger partial charge in [0.05, 0.1) is 11.5 Å². The van der Waals surface area contributed by atoms with Gasteiger partial charge < -0.3 is 5.32 Å². The van der Waals surface area contributed by atoms with Crippen LogP contribution >= 0.6 is 0 Å². The summed E-state index contributed by atoms with van der Waals surface area (Å²) >= 11 is 0. The van der Waals surface area contributed by atoms with Gasteiger partial charge in [0.25, 0.3) is 0 Å². The van der Waals surface area contributed by atoms with Gasteiger partial charge in [-0.1, -0.05) is 12.1 Å². The Labute approximate surface area is 112 Å². The zero-order valence-corrected chi connectivity index (χ0v) is 11.4. The van der Waals surface area contributed by atoms with E-state index in [1.165, 1.54) is 0 Å². The summed E-state index contributed by atoms with van der Waals surface area (Å²) in [5, 5.41) is 5.51. The van der Waals surface area contributed by atoms with E-state index in [1.54, 1.807) is 6.20 Å². The molecule has 2 aromatic rings. The summed E-state index contributed by atoms with van der Waals surface area (Å²) in [6.07, 6.45) is 5.21. The molecule has 4 nitrogen and oxygen atoms in total. The molecule has 1 unspecified atom stereocenters. The first-order valence-corrected chi connectivity index (χ1v) is 8.26. The zero-order valence-electron chi connectivity index (χ0n) is 10.5. The first-order chi connectivity index (χ1) is 9.14. The first-order valence-electron chi connectivity index (χ1n) is 6.44. The van der Waals surface area contributed by atoms with Crippen molar-refractivity contribution >= 4 is 26.3 Å². The van der Waals surface area contributed by atoms with E-state index in [2.05, 4.69) is 10.3 Å². The molecule has 3 rings (SSSR count). The number of nitrogens with one attached hydrogen (secondary N) is 1. The normalized spacial score (nSPS) is 22.2. The average Bonchev–Trinajstić information content (AvgIpc) is 2.38. The van der Waals surface area contributed by atoms with E-state index < -0.39 is 9.84 Å². The molecule has 5 heteroatoms. The van der Waals surface area contributed by atoms with Gasteiger partial charge in [0.15, 0.2) is 9.84 Å². The molecule has 0 aliphatic carbocycles. The quantitative estimate of drug-likeness (QED) is 0.913. The summed E-state index contributed by atoms with van der Waals surface area (Å²) in [6.45, 7) is 0. The highest BCUT2D eigenvalue weighted by atomic mass is 32.2. The fourth-order valence-electron chi connectivity index (χ4n) is 2.60. The highest BCUT2D eigenvalue weighted by Crippen LogP contribution is 2.25. The molecule has 2 heterocycles. The number of hydrogen-bond donors (Lipinski definition) is 1. The lowest BCUT2D eigenvalue weighted by atomic mass is 10.1. The fraction of sp³-hybridized carbons (Fsp3) is 0.357. The van der Waals surface area contributed by atoms with Crippen molar-refractivity contribution in [3.8, 4) is 0 Å². The molecule has 1 aromatic carbocycles. The smallest absolute Gasteiger partial charge is 0.152 e. The number of benzene rings is 1. The predicted molar refractivity (Wildman–Crippen MR) is 77.0 cm³/mol. The third kappa shape index (κ3) is 2.71. The Bertz CT molecular complexity index is 692. The second kappa shape index (κ2) is 4.81. The maximum atomic E-state index is 11.7. The van der Waals surface area contributed by atoms with Gasteiger partial charge in [-0.25, -0.2) is 8.42 Å². The van der Waals surface area contributed by atoms with Gasteiger partial charge >= 0.3 is 0 Å². The molecule has 1 aliphatic heterocycles. The van der Waals surface area contributed by atoms with Gasteiger partial charge in [-0.3, -0.25) is 4.98 Å².